The minimum Gasteiger partial charge on any atom is -0.425 e. The highest BCUT2D eigenvalue weighted by Crippen LogP contribution is 2.36. The highest BCUT2D eigenvalue weighted by atomic mass is 79.9. The molecule has 0 aliphatic heterocycles. The monoisotopic (exact) mass is 374 g/mol. The maximum Gasteiger partial charge on any atom is 0.308 e. The lowest BCUT2D eigenvalue weighted by atomic mass is 10.1. The van der Waals surface area contributed by atoms with E-state index in [4.69, 9.17) is 9.47 Å². The van der Waals surface area contributed by atoms with Gasteiger partial charge in [-0.3, -0.25) is 9.59 Å². The number of ether oxygens (including phenoxy) is 2. The molecule has 0 aromatic heterocycles. The molecule has 0 spiro atoms. The van der Waals surface area contributed by atoms with Crippen molar-refractivity contribution in [3.8, 4) is 11.5 Å². The fourth-order valence-electron chi connectivity index (χ4n) is 1.90. The Morgan fingerprint density at radius 1 is 0.870 bits per heavy atom. The molecular weight excluding hydrogens is 360 g/mol. The van der Waals surface area contributed by atoms with Crippen molar-refractivity contribution in [1.29, 1.82) is 0 Å². The summed E-state index contributed by atoms with van der Waals surface area (Å²) in [4.78, 5) is 22.4. The van der Waals surface area contributed by atoms with Gasteiger partial charge in [-0.1, -0.05) is 42.5 Å². The molecule has 2 aromatic carbocycles. The van der Waals surface area contributed by atoms with Crippen molar-refractivity contribution < 1.29 is 19.1 Å². The summed E-state index contributed by atoms with van der Waals surface area (Å²) < 4.78 is 10.7. The molecule has 118 valence electrons. The SMILES string of the molecule is CC(=O)Oc1cc(/C=C/c2ccccc2)cc(OC(C)=O)c1Br. The molecule has 0 fully saturated rings. The maximum absolute atomic E-state index is 11.2. The van der Waals surface area contributed by atoms with Crippen LogP contribution < -0.4 is 9.47 Å². The van der Waals surface area contributed by atoms with Gasteiger partial charge in [0.25, 0.3) is 0 Å². The number of rotatable bonds is 4. The van der Waals surface area contributed by atoms with E-state index >= 15 is 0 Å². The Morgan fingerprint density at radius 2 is 1.35 bits per heavy atom. The molecule has 5 heteroatoms. The molecule has 0 radical (unpaired) electrons. The highest BCUT2D eigenvalue weighted by Gasteiger charge is 2.13. The van der Waals surface area contributed by atoms with Crippen LogP contribution >= 0.6 is 15.9 Å². The van der Waals surface area contributed by atoms with E-state index in [2.05, 4.69) is 15.9 Å². The fraction of sp³-hybridized carbons (Fsp3) is 0.111. The van der Waals surface area contributed by atoms with Crippen molar-refractivity contribution in [1.82, 2.24) is 0 Å². The lowest BCUT2D eigenvalue weighted by Crippen LogP contribution is -2.06. The lowest BCUT2D eigenvalue weighted by molar-refractivity contribution is -0.132. The van der Waals surface area contributed by atoms with E-state index in [9.17, 15) is 9.59 Å². The summed E-state index contributed by atoms with van der Waals surface area (Å²) in [6.45, 7) is 2.62. The number of carbonyl (C=O) groups excluding carboxylic acids is 2. The van der Waals surface area contributed by atoms with E-state index in [1.165, 1.54) is 13.8 Å². The van der Waals surface area contributed by atoms with Gasteiger partial charge in [0.15, 0.2) is 0 Å². The minimum atomic E-state index is -0.455. The second-order valence-corrected chi connectivity index (χ2v) is 5.56. The van der Waals surface area contributed by atoms with Crippen molar-refractivity contribution in [2.75, 3.05) is 0 Å². The van der Waals surface area contributed by atoms with Crippen LogP contribution in [0.15, 0.2) is 46.9 Å². The Bertz CT molecular complexity index is 714. The molecule has 0 aliphatic carbocycles. The van der Waals surface area contributed by atoms with Gasteiger partial charge < -0.3 is 9.47 Å². The first kappa shape index (κ1) is 17.0. The zero-order valence-electron chi connectivity index (χ0n) is 12.7. The predicted octanol–water partition coefficient (Wildman–Crippen LogP) is 4.47. The molecule has 0 amide bonds. The van der Waals surface area contributed by atoms with Crippen LogP contribution in [-0.2, 0) is 9.59 Å². The van der Waals surface area contributed by atoms with Crippen LogP contribution in [0.25, 0.3) is 12.2 Å². The number of carbonyl (C=O) groups is 2. The van der Waals surface area contributed by atoms with Crippen molar-refractivity contribution in [3.05, 3.63) is 58.1 Å². The van der Waals surface area contributed by atoms with E-state index in [1.807, 2.05) is 42.5 Å². The van der Waals surface area contributed by atoms with E-state index in [-0.39, 0.29) is 0 Å². The predicted molar refractivity (Wildman–Crippen MR) is 92.1 cm³/mol. The first-order valence-corrected chi connectivity index (χ1v) is 7.68. The molecule has 0 bridgehead atoms. The van der Waals surface area contributed by atoms with Gasteiger partial charge in [0.05, 0.1) is 0 Å². The molecule has 0 aliphatic rings. The number of hydrogen-bond acceptors (Lipinski definition) is 4. The molecule has 0 saturated carbocycles. The third kappa shape index (κ3) is 5.07. The van der Waals surface area contributed by atoms with Crippen molar-refractivity contribution >= 4 is 40.0 Å². The fourth-order valence-corrected chi connectivity index (χ4v) is 2.29. The molecule has 2 aromatic rings. The van der Waals surface area contributed by atoms with Gasteiger partial charge in [0.1, 0.15) is 16.0 Å². The average molecular weight is 375 g/mol. The van der Waals surface area contributed by atoms with Gasteiger partial charge >= 0.3 is 11.9 Å². The van der Waals surface area contributed by atoms with Gasteiger partial charge in [-0.25, -0.2) is 0 Å². The molecule has 0 unspecified atom stereocenters. The zero-order valence-corrected chi connectivity index (χ0v) is 14.3. The summed E-state index contributed by atoms with van der Waals surface area (Å²) in [5, 5.41) is 0. The van der Waals surface area contributed by atoms with Crippen LogP contribution in [0.4, 0.5) is 0 Å². The van der Waals surface area contributed by atoms with Crippen molar-refractivity contribution in [3.63, 3.8) is 0 Å². The van der Waals surface area contributed by atoms with E-state index in [0.29, 0.717) is 16.0 Å². The van der Waals surface area contributed by atoms with Crippen LogP contribution in [0, 0.1) is 0 Å². The van der Waals surface area contributed by atoms with Gasteiger partial charge in [-0.15, -0.1) is 0 Å². The van der Waals surface area contributed by atoms with Crippen LogP contribution in [0.5, 0.6) is 11.5 Å². The molecule has 4 nitrogen and oxygen atoms in total. The normalized spacial score (nSPS) is 10.6. The Hall–Kier alpha value is -2.40. The van der Waals surface area contributed by atoms with Crippen LogP contribution in [0.2, 0.25) is 0 Å². The molecular formula is C18H15BrO4. The average Bonchev–Trinajstić information content (AvgIpc) is 2.49. The topological polar surface area (TPSA) is 52.6 Å². The van der Waals surface area contributed by atoms with Crippen molar-refractivity contribution in [2.45, 2.75) is 13.8 Å². The van der Waals surface area contributed by atoms with E-state index in [0.717, 1.165) is 11.1 Å². The summed E-state index contributed by atoms with van der Waals surface area (Å²) in [6, 6.07) is 13.1. The molecule has 0 saturated heterocycles. The summed E-state index contributed by atoms with van der Waals surface area (Å²) in [5.74, 6) is -0.319. The number of esters is 2. The molecule has 2 rings (SSSR count). The quantitative estimate of drug-likeness (QED) is 0.450. The summed E-state index contributed by atoms with van der Waals surface area (Å²) in [6.07, 6.45) is 3.76. The molecule has 23 heavy (non-hydrogen) atoms. The Morgan fingerprint density at radius 3 is 1.83 bits per heavy atom. The van der Waals surface area contributed by atoms with Crippen LogP contribution in [0.3, 0.4) is 0 Å². The first-order valence-electron chi connectivity index (χ1n) is 6.89. The maximum atomic E-state index is 11.2. The van der Waals surface area contributed by atoms with E-state index in [1.54, 1.807) is 12.1 Å². The van der Waals surface area contributed by atoms with Gasteiger partial charge in [0, 0.05) is 13.8 Å². The Kier molecular flexibility index (Phi) is 5.71. The second kappa shape index (κ2) is 7.74. The van der Waals surface area contributed by atoms with Gasteiger partial charge in [-0.2, -0.15) is 0 Å². The number of hydrogen-bond donors (Lipinski definition) is 0. The van der Waals surface area contributed by atoms with Gasteiger partial charge in [-0.05, 0) is 39.2 Å². The third-order valence-electron chi connectivity index (χ3n) is 2.80. The van der Waals surface area contributed by atoms with Crippen molar-refractivity contribution in [2.24, 2.45) is 0 Å². The standard InChI is InChI=1S/C18H15BrO4/c1-12(20)22-16-10-15(9-8-14-6-4-3-5-7-14)11-17(18(16)19)23-13(2)21/h3-11H,1-2H3/b9-8+. The number of benzene rings is 2. The first-order chi connectivity index (χ1) is 11.0. The summed E-state index contributed by atoms with van der Waals surface area (Å²) in [7, 11) is 0. The molecule has 0 heterocycles. The smallest absolute Gasteiger partial charge is 0.308 e. The van der Waals surface area contributed by atoms with Crippen LogP contribution in [0.1, 0.15) is 25.0 Å². The third-order valence-corrected chi connectivity index (χ3v) is 3.58. The molecule has 0 N–H and O–H groups in total. The van der Waals surface area contributed by atoms with E-state index < -0.39 is 11.9 Å². The lowest BCUT2D eigenvalue weighted by Gasteiger charge is -2.10. The largest absolute Gasteiger partial charge is 0.425 e. The Balaban J connectivity index is 2.40. The second-order valence-electron chi connectivity index (χ2n) is 4.76. The minimum absolute atomic E-state index is 0.295. The van der Waals surface area contributed by atoms with Gasteiger partial charge in [0.2, 0.25) is 0 Å². The highest BCUT2D eigenvalue weighted by molar-refractivity contribution is 9.10. The molecule has 0 atom stereocenters. The zero-order chi connectivity index (χ0) is 16.8. The number of halogens is 1. The van der Waals surface area contributed by atoms with Crippen LogP contribution in [-0.4, -0.2) is 11.9 Å². The summed E-state index contributed by atoms with van der Waals surface area (Å²) >= 11 is 3.29. The summed E-state index contributed by atoms with van der Waals surface area (Å²) in [5.41, 5.74) is 1.77. The Labute approximate surface area is 142 Å².